The van der Waals surface area contributed by atoms with Crippen LogP contribution in [0.15, 0.2) is 18.3 Å². The number of anilines is 1. The highest BCUT2D eigenvalue weighted by molar-refractivity contribution is 7.99. The number of aromatic nitrogens is 1. The molecular formula is C13H20N2S. The molecule has 0 spiro atoms. The van der Waals surface area contributed by atoms with E-state index in [1.807, 2.05) is 19.3 Å². The first kappa shape index (κ1) is 11.8. The van der Waals surface area contributed by atoms with Gasteiger partial charge in [-0.25, -0.2) is 0 Å². The predicted molar refractivity (Wildman–Crippen MR) is 72.0 cm³/mol. The first-order chi connectivity index (χ1) is 7.88. The van der Waals surface area contributed by atoms with Gasteiger partial charge < -0.3 is 5.32 Å². The lowest BCUT2D eigenvalue weighted by molar-refractivity contribution is 0.516. The van der Waals surface area contributed by atoms with Crippen LogP contribution < -0.4 is 5.32 Å². The zero-order chi connectivity index (χ0) is 11.2. The lowest BCUT2D eigenvalue weighted by Crippen LogP contribution is -2.08. The second kappa shape index (κ2) is 6.14. The summed E-state index contributed by atoms with van der Waals surface area (Å²) in [6, 6.07) is 4.16. The van der Waals surface area contributed by atoms with Crippen molar-refractivity contribution < 1.29 is 0 Å². The fraction of sp³-hybridized carbons (Fsp3) is 0.615. The Labute approximate surface area is 102 Å². The van der Waals surface area contributed by atoms with Crippen LogP contribution in [0.3, 0.4) is 0 Å². The van der Waals surface area contributed by atoms with Crippen molar-refractivity contribution in [2.24, 2.45) is 0 Å². The van der Waals surface area contributed by atoms with Crippen molar-refractivity contribution in [1.29, 1.82) is 0 Å². The molecule has 0 aliphatic heterocycles. The van der Waals surface area contributed by atoms with Crippen LogP contribution in [0.5, 0.6) is 0 Å². The lowest BCUT2D eigenvalue weighted by atomic mass is 10.0. The highest BCUT2D eigenvalue weighted by Crippen LogP contribution is 2.30. The Kier molecular flexibility index (Phi) is 4.52. The third kappa shape index (κ3) is 3.41. The molecule has 88 valence electrons. The largest absolute Gasteiger partial charge is 0.388 e. The van der Waals surface area contributed by atoms with Crippen LogP contribution in [0.1, 0.15) is 37.8 Å². The van der Waals surface area contributed by atoms with E-state index in [0.717, 1.165) is 16.7 Å². The van der Waals surface area contributed by atoms with E-state index in [1.54, 1.807) is 0 Å². The monoisotopic (exact) mass is 236 g/mol. The normalized spacial score (nSPS) is 17.3. The second-order valence-electron chi connectivity index (χ2n) is 4.36. The Morgan fingerprint density at radius 3 is 2.94 bits per heavy atom. The van der Waals surface area contributed by atoms with Crippen LogP contribution in [0.4, 0.5) is 5.69 Å². The van der Waals surface area contributed by atoms with Crippen LogP contribution in [0.2, 0.25) is 0 Å². The van der Waals surface area contributed by atoms with E-state index in [-0.39, 0.29) is 0 Å². The summed E-state index contributed by atoms with van der Waals surface area (Å²) in [5, 5.41) is 4.03. The van der Waals surface area contributed by atoms with Crippen LogP contribution in [-0.2, 0) is 5.75 Å². The minimum atomic E-state index is 0.869. The van der Waals surface area contributed by atoms with Gasteiger partial charge in [0.05, 0.1) is 5.69 Å². The topological polar surface area (TPSA) is 24.9 Å². The molecule has 0 aromatic carbocycles. The van der Waals surface area contributed by atoms with Crippen LogP contribution in [-0.4, -0.2) is 17.3 Å². The van der Waals surface area contributed by atoms with E-state index in [2.05, 4.69) is 28.1 Å². The molecule has 0 saturated heterocycles. The summed E-state index contributed by atoms with van der Waals surface area (Å²) < 4.78 is 0. The van der Waals surface area contributed by atoms with Gasteiger partial charge in [0.2, 0.25) is 0 Å². The molecule has 1 N–H and O–H groups in total. The van der Waals surface area contributed by atoms with Crippen molar-refractivity contribution >= 4 is 17.4 Å². The van der Waals surface area contributed by atoms with Crippen molar-refractivity contribution in [2.45, 2.75) is 43.1 Å². The SMILES string of the molecule is CNc1ccnc(CSC2CCCCC2)c1. The molecule has 3 heteroatoms. The van der Waals surface area contributed by atoms with Gasteiger partial charge in [-0.15, -0.1) is 0 Å². The number of rotatable bonds is 4. The Morgan fingerprint density at radius 2 is 2.19 bits per heavy atom. The molecule has 1 saturated carbocycles. The molecule has 1 aromatic heterocycles. The maximum absolute atomic E-state index is 4.41. The number of pyridine rings is 1. The molecule has 1 fully saturated rings. The Balaban J connectivity index is 1.83. The van der Waals surface area contributed by atoms with Crippen molar-refractivity contribution in [3.63, 3.8) is 0 Å². The molecule has 16 heavy (non-hydrogen) atoms. The Bertz CT molecular complexity index is 321. The Hall–Kier alpha value is -0.700. The molecule has 2 rings (SSSR count). The third-order valence-electron chi connectivity index (χ3n) is 3.12. The quantitative estimate of drug-likeness (QED) is 0.863. The molecule has 0 amide bonds. The van der Waals surface area contributed by atoms with Gasteiger partial charge >= 0.3 is 0 Å². The van der Waals surface area contributed by atoms with Gasteiger partial charge in [-0.3, -0.25) is 4.98 Å². The fourth-order valence-corrected chi connectivity index (χ4v) is 3.38. The smallest absolute Gasteiger partial charge is 0.0523 e. The second-order valence-corrected chi connectivity index (χ2v) is 5.65. The summed E-state index contributed by atoms with van der Waals surface area (Å²) in [6.07, 6.45) is 8.96. The molecule has 1 aromatic rings. The first-order valence-electron chi connectivity index (χ1n) is 6.13. The van der Waals surface area contributed by atoms with Crippen molar-refractivity contribution in [1.82, 2.24) is 4.98 Å². The van der Waals surface area contributed by atoms with Gasteiger partial charge in [-0.05, 0) is 25.0 Å². The molecule has 0 bridgehead atoms. The summed E-state index contributed by atoms with van der Waals surface area (Å²) >= 11 is 2.08. The third-order valence-corrected chi connectivity index (χ3v) is 4.53. The van der Waals surface area contributed by atoms with Gasteiger partial charge in [0.1, 0.15) is 0 Å². The molecule has 1 aliphatic carbocycles. The number of hydrogen-bond acceptors (Lipinski definition) is 3. The summed E-state index contributed by atoms with van der Waals surface area (Å²) in [5.41, 5.74) is 2.36. The maximum Gasteiger partial charge on any atom is 0.0523 e. The predicted octanol–water partition coefficient (Wildman–Crippen LogP) is 3.69. The van der Waals surface area contributed by atoms with Gasteiger partial charge in [-0.2, -0.15) is 11.8 Å². The molecule has 1 heterocycles. The van der Waals surface area contributed by atoms with E-state index < -0.39 is 0 Å². The molecule has 2 nitrogen and oxygen atoms in total. The molecule has 0 unspecified atom stereocenters. The highest BCUT2D eigenvalue weighted by atomic mass is 32.2. The zero-order valence-corrected chi connectivity index (χ0v) is 10.7. The minimum Gasteiger partial charge on any atom is -0.388 e. The van der Waals surface area contributed by atoms with Gasteiger partial charge in [0, 0.05) is 29.9 Å². The standard InChI is InChI=1S/C13H20N2S/c1-14-11-7-8-15-12(9-11)10-16-13-5-3-2-4-6-13/h7-9,13H,2-6,10H2,1H3,(H,14,15). The number of hydrogen-bond donors (Lipinski definition) is 1. The average molecular weight is 236 g/mol. The van der Waals surface area contributed by atoms with Gasteiger partial charge in [0.25, 0.3) is 0 Å². The molecular weight excluding hydrogens is 216 g/mol. The maximum atomic E-state index is 4.41. The summed E-state index contributed by atoms with van der Waals surface area (Å²) in [6.45, 7) is 0. The summed E-state index contributed by atoms with van der Waals surface area (Å²) in [4.78, 5) is 4.41. The molecule has 0 radical (unpaired) electrons. The number of thioether (sulfide) groups is 1. The summed E-state index contributed by atoms with van der Waals surface area (Å²) in [7, 11) is 1.95. The van der Waals surface area contributed by atoms with Crippen LogP contribution in [0, 0.1) is 0 Å². The number of nitrogens with one attached hydrogen (secondary N) is 1. The zero-order valence-electron chi connectivity index (χ0n) is 9.91. The van der Waals surface area contributed by atoms with E-state index in [9.17, 15) is 0 Å². The average Bonchev–Trinajstić information content (AvgIpc) is 2.38. The minimum absolute atomic E-state index is 0.869. The van der Waals surface area contributed by atoms with Crippen LogP contribution in [0.25, 0.3) is 0 Å². The van der Waals surface area contributed by atoms with E-state index >= 15 is 0 Å². The van der Waals surface area contributed by atoms with E-state index in [1.165, 1.54) is 37.8 Å². The first-order valence-corrected chi connectivity index (χ1v) is 7.17. The molecule has 0 atom stereocenters. The van der Waals surface area contributed by atoms with E-state index in [4.69, 9.17) is 0 Å². The van der Waals surface area contributed by atoms with Gasteiger partial charge in [-0.1, -0.05) is 19.3 Å². The Morgan fingerprint density at radius 1 is 1.38 bits per heavy atom. The lowest BCUT2D eigenvalue weighted by Gasteiger charge is -2.20. The van der Waals surface area contributed by atoms with Crippen molar-refractivity contribution in [3.05, 3.63) is 24.0 Å². The van der Waals surface area contributed by atoms with Crippen molar-refractivity contribution in [3.8, 4) is 0 Å². The molecule has 1 aliphatic rings. The van der Waals surface area contributed by atoms with E-state index in [0.29, 0.717) is 0 Å². The summed E-state index contributed by atoms with van der Waals surface area (Å²) in [5.74, 6) is 1.06. The fourth-order valence-electron chi connectivity index (χ4n) is 2.15. The van der Waals surface area contributed by atoms with Gasteiger partial charge in [0.15, 0.2) is 0 Å². The number of nitrogens with zero attached hydrogens (tertiary/aromatic N) is 1. The van der Waals surface area contributed by atoms with Crippen LogP contribution >= 0.6 is 11.8 Å². The highest BCUT2D eigenvalue weighted by Gasteiger charge is 2.13. The van der Waals surface area contributed by atoms with Crippen molar-refractivity contribution in [2.75, 3.05) is 12.4 Å².